The van der Waals surface area contributed by atoms with E-state index in [0.29, 0.717) is 11.8 Å². The van der Waals surface area contributed by atoms with Crippen molar-refractivity contribution in [2.75, 3.05) is 7.11 Å². The Balaban J connectivity index is 3.13. The zero-order chi connectivity index (χ0) is 12.8. The van der Waals surface area contributed by atoms with E-state index in [2.05, 4.69) is 4.98 Å². The number of hydrogen-bond acceptors (Lipinski definition) is 4. The average Bonchev–Trinajstić information content (AvgIpc) is 2.28. The van der Waals surface area contributed by atoms with Crippen LogP contribution in [0.3, 0.4) is 0 Å². The summed E-state index contributed by atoms with van der Waals surface area (Å²) in [6.07, 6.45) is 2.29. The molecule has 0 saturated carbocycles. The molecule has 0 N–H and O–H groups in total. The van der Waals surface area contributed by atoms with E-state index >= 15 is 0 Å². The summed E-state index contributed by atoms with van der Waals surface area (Å²) in [6.45, 7) is 5.70. The maximum absolute atomic E-state index is 10.5. The molecule has 0 atom stereocenters. The summed E-state index contributed by atoms with van der Waals surface area (Å²) in [5.41, 5.74) is 1.70. The highest BCUT2D eigenvalue weighted by Crippen LogP contribution is 2.23. The third kappa shape index (κ3) is 3.90. The SMILES string of the molecule is COc1cc(C(C)=CC=O)cc(OC(C)C)n1. The smallest absolute Gasteiger partial charge is 0.217 e. The molecule has 0 aliphatic carbocycles. The van der Waals surface area contributed by atoms with Gasteiger partial charge in [-0.05, 0) is 38.0 Å². The van der Waals surface area contributed by atoms with Crippen LogP contribution < -0.4 is 9.47 Å². The molecule has 0 bridgehead atoms. The predicted molar refractivity (Wildman–Crippen MR) is 66.3 cm³/mol. The lowest BCUT2D eigenvalue weighted by molar-refractivity contribution is -0.104. The Bertz CT molecular complexity index is 425. The molecule has 92 valence electrons. The first-order chi connectivity index (χ1) is 8.06. The molecule has 0 aliphatic rings. The lowest BCUT2D eigenvalue weighted by Crippen LogP contribution is -2.07. The molecular weight excluding hydrogens is 218 g/mol. The van der Waals surface area contributed by atoms with Crippen molar-refractivity contribution < 1.29 is 14.3 Å². The molecule has 0 fully saturated rings. The summed E-state index contributed by atoms with van der Waals surface area (Å²) in [7, 11) is 1.55. The lowest BCUT2D eigenvalue weighted by atomic mass is 10.1. The highest BCUT2D eigenvalue weighted by atomic mass is 16.5. The number of rotatable bonds is 5. The Morgan fingerprint density at radius 1 is 1.35 bits per heavy atom. The fourth-order valence-electron chi connectivity index (χ4n) is 1.31. The summed E-state index contributed by atoms with van der Waals surface area (Å²) in [6, 6.07) is 3.56. The molecule has 0 spiro atoms. The normalized spacial score (nSPS) is 11.5. The molecule has 0 aliphatic heterocycles. The van der Waals surface area contributed by atoms with Gasteiger partial charge in [-0.25, -0.2) is 0 Å². The summed E-state index contributed by atoms with van der Waals surface area (Å²) in [4.78, 5) is 14.6. The first-order valence-corrected chi connectivity index (χ1v) is 5.42. The van der Waals surface area contributed by atoms with Crippen LogP contribution in [0.25, 0.3) is 5.57 Å². The second kappa shape index (κ2) is 6.03. The second-order valence-electron chi connectivity index (χ2n) is 3.89. The summed E-state index contributed by atoms with van der Waals surface area (Å²) in [5.74, 6) is 0.963. The zero-order valence-electron chi connectivity index (χ0n) is 10.6. The van der Waals surface area contributed by atoms with Gasteiger partial charge in [-0.2, -0.15) is 4.98 Å². The second-order valence-corrected chi connectivity index (χ2v) is 3.89. The molecular formula is C13H17NO3. The van der Waals surface area contributed by atoms with Crippen LogP contribution in [0.2, 0.25) is 0 Å². The summed E-state index contributed by atoms with van der Waals surface area (Å²) < 4.78 is 10.6. The Hall–Kier alpha value is -1.84. The largest absolute Gasteiger partial charge is 0.481 e. The Morgan fingerprint density at radius 3 is 2.53 bits per heavy atom. The van der Waals surface area contributed by atoms with E-state index in [1.165, 1.54) is 6.08 Å². The van der Waals surface area contributed by atoms with E-state index in [9.17, 15) is 4.79 Å². The van der Waals surface area contributed by atoms with Gasteiger partial charge in [0.05, 0.1) is 13.2 Å². The summed E-state index contributed by atoms with van der Waals surface area (Å²) in [5, 5.41) is 0. The van der Waals surface area contributed by atoms with Crippen LogP contribution in [0.4, 0.5) is 0 Å². The molecule has 4 nitrogen and oxygen atoms in total. The Kier molecular flexibility index (Phi) is 4.69. The lowest BCUT2D eigenvalue weighted by Gasteiger charge is -2.11. The average molecular weight is 235 g/mol. The fourth-order valence-corrected chi connectivity index (χ4v) is 1.31. The van der Waals surface area contributed by atoms with Gasteiger partial charge in [0.1, 0.15) is 6.29 Å². The van der Waals surface area contributed by atoms with Gasteiger partial charge in [0.2, 0.25) is 11.8 Å². The number of nitrogens with zero attached hydrogens (tertiary/aromatic N) is 1. The minimum atomic E-state index is 0.0396. The quantitative estimate of drug-likeness (QED) is 0.581. The van der Waals surface area contributed by atoms with Crippen LogP contribution in [-0.4, -0.2) is 24.5 Å². The van der Waals surface area contributed by atoms with E-state index in [4.69, 9.17) is 9.47 Å². The van der Waals surface area contributed by atoms with Crippen molar-refractivity contribution >= 4 is 11.9 Å². The minimum absolute atomic E-state index is 0.0396. The molecule has 0 unspecified atom stereocenters. The topological polar surface area (TPSA) is 48.4 Å². The first-order valence-electron chi connectivity index (χ1n) is 5.42. The maximum Gasteiger partial charge on any atom is 0.217 e. The van der Waals surface area contributed by atoms with Crippen molar-refractivity contribution in [3.8, 4) is 11.8 Å². The number of pyridine rings is 1. The van der Waals surface area contributed by atoms with E-state index in [1.807, 2.05) is 20.8 Å². The summed E-state index contributed by atoms with van der Waals surface area (Å²) >= 11 is 0. The number of carbonyl (C=O) groups excluding carboxylic acids is 1. The molecule has 1 aromatic heterocycles. The van der Waals surface area contributed by atoms with Crippen molar-refractivity contribution in [3.05, 3.63) is 23.8 Å². The van der Waals surface area contributed by atoms with E-state index in [0.717, 1.165) is 17.4 Å². The van der Waals surface area contributed by atoms with Gasteiger partial charge in [-0.15, -0.1) is 0 Å². The number of carbonyl (C=O) groups is 1. The monoisotopic (exact) mass is 235 g/mol. The maximum atomic E-state index is 10.5. The van der Waals surface area contributed by atoms with Crippen molar-refractivity contribution in [2.24, 2.45) is 0 Å². The van der Waals surface area contributed by atoms with Crippen LogP contribution in [0.15, 0.2) is 18.2 Å². The van der Waals surface area contributed by atoms with Crippen molar-refractivity contribution in [1.29, 1.82) is 0 Å². The molecule has 4 heteroatoms. The van der Waals surface area contributed by atoms with Gasteiger partial charge in [0, 0.05) is 12.1 Å². The van der Waals surface area contributed by atoms with E-state index in [-0.39, 0.29) is 6.10 Å². The van der Waals surface area contributed by atoms with Gasteiger partial charge in [-0.3, -0.25) is 4.79 Å². The number of ether oxygens (including phenoxy) is 2. The highest BCUT2D eigenvalue weighted by Gasteiger charge is 2.06. The van der Waals surface area contributed by atoms with Crippen LogP contribution in [-0.2, 0) is 4.79 Å². The number of allylic oxidation sites excluding steroid dienone is 2. The van der Waals surface area contributed by atoms with E-state index in [1.54, 1.807) is 19.2 Å². The highest BCUT2D eigenvalue weighted by molar-refractivity contribution is 5.81. The van der Waals surface area contributed by atoms with Gasteiger partial charge in [0.15, 0.2) is 0 Å². The number of aldehydes is 1. The molecule has 1 heterocycles. The Labute approximate surface area is 101 Å². The molecule has 0 aromatic carbocycles. The zero-order valence-corrected chi connectivity index (χ0v) is 10.6. The fraction of sp³-hybridized carbons (Fsp3) is 0.385. The third-order valence-corrected chi connectivity index (χ3v) is 2.12. The number of methoxy groups -OCH3 is 1. The van der Waals surface area contributed by atoms with Crippen molar-refractivity contribution in [1.82, 2.24) is 4.98 Å². The minimum Gasteiger partial charge on any atom is -0.481 e. The molecule has 17 heavy (non-hydrogen) atoms. The van der Waals surface area contributed by atoms with Crippen LogP contribution in [0.1, 0.15) is 26.3 Å². The number of aromatic nitrogens is 1. The molecule has 0 amide bonds. The van der Waals surface area contributed by atoms with Crippen LogP contribution in [0, 0.1) is 0 Å². The standard InChI is InChI=1S/C13H17NO3/c1-9(2)17-13-8-11(10(3)5-6-15)7-12(14-13)16-4/h5-9H,1-4H3. The van der Waals surface area contributed by atoms with Gasteiger partial charge >= 0.3 is 0 Å². The van der Waals surface area contributed by atoms with Gasteiger partial charge in [-0.1, -0.05) is 0 Å². The molecule has 1 aromatic rings. The number of hydrogen-bond donors (Lipinski definition) is 0. The first kappa shape index (κ1) is 13.2. The third-order valence-electron chi connectivity index (χ3n) is 2.12. The molecule has 1 rings (SSSR count). The van der Waals surface area contributed by atoms with Crippen molar-refractivity contribution in [3.63, 3.8) is 0 Å². The molecule has 0 saturated heterocycles. The van der Waals surface area contributed by atoms with Crippen molar-refractivity contribution in [2.45, 2.75) is 26.9 Å². The van der Waals surface area contributed by atoms with Crippen LogP contribution >= 0.6 is 0 Å². The Morgan fingerprint density at radius 2 is 2.00 bits per heavy atom. The van der Waals surface area contributed by atoms with Gasteiger partial charge in [0.25, 0.3) is 0 Å². The predicted octanol–water partition coefficient (Wildman–Crippen LogP) is 2.48. The molecule has 0 radical (unpaired) electrons. The van der Waals surface area contributed by atoms with E-state index < -0.39 is 0 Å². The van der Waals surface area contributed by atoms with Crippen LogP contribution in [0.5, 0.6) is 11.8 Å². The van der Waals surface area contributed by atoms with Gasteiger partial charge < -0.3 is 9.47 Å².